The van der Waals surface area contributed by atoms with E-state index >= 15 is 0 Å². The van der Waals surface area contributed by atoms with Crippen molar-refractivity contribution in [3.8, 4) is 5.75 Å². The molecule has 0 radical (unpaired) electrons. The van der Waals surface area contributed by atoms with Gasteiger partial charge >= 0.3 is 0 Å². The molecule has 0 unspecified atom stereocenters. The Hall–Kier alpha value is -1.09. The largest absolute Gasteiger partial charge is 0.508 e. The number of phenols is 1. The van der Waals surface area contributed by atoms with E-state index in [-0.39, 0.29) is 11.6 Å². The second kappa shape index (κ2) is 2.45. The first-order chi connectivity index (χ1) is 6.03. The number of benzene rings is 1. The summed E-state index contributed by atoms with van der Waals surface area (Å²) >= 11 is 0. The van der Waals surface area contributed by atoms with Crippen molar-refractivity contribution >= 4 is 0 Å². The fraction of sp³-hybridized carbons (Fsp3) is 0.400. The minimum absolute atomic E-state index is 0.0885. The lowest BCUT2D eigenvalue weighted by Gasteiger charge is -2.12. The average Bonchev–Trinajstić information content (AvgIpc) is 2.77. The Morgan fingerprint density at radius 1 is 1.46 bits per heavy atom. The van der Waals surface area contributed by atoms with Crippen molar-refractivity contribution in [2.24, 2.45) is 5.73 Å². The van der Waals surface area contributed by atoms with E-state index in [1.807, 2.05) is 0 Å². The third-order valence-corrected chi connectivity index (χ3v) is 2.56. The zero-order valence-electron chi connectivity index (χ0n) is 7.47. The van der Waals surface area contributed by atoms with Crippen molar-refractivity contribution in [3.63, 3.8) is 0 Å². The minimum Gasteiger partial charge on any atom is -0.508 e. The second-order valence-electron chi connectivity index (χ2n) is 3.78. The van der Waals surface area contributed by atoms with Crippen molar-refractivity contribution in [3.05, 3.63) is 29.1 Å². The van der Waals surface area contributed by atoms with Gasteiger partial charge in [-0.1, -0.05) is 0 Å². The summed E-state index contributed by atoms with van der Waals surface area (Å²) in [5.74, 6) is -0.191. The van der Waals surface area contributed by atoms with Gasteiger partial charge in [0, 0.05) is 11.1 Å². The molecule has 13 heavy (non-hydrogen) atoms. The number of hydrogen-bond acceptors (Lipinski definition) is 2. The van der Waals surface area contributed by atoms with Crippen LogP contribution < -0.4 is 5.73 Å². The minimum atomic E-state index is -0.520. The second-order valence-corrected chi connectivity index (χ2v) is 3.78. The third kappa shape index (κ3) is 1.29. The van der Waals surface area contributed by atoms with E-state index in [2.05, 4.69) is 0 Å². The molecule has 2 nitrogen and oxygen atoms in total. The van der Waals surface area contributed by atoms with E-state index in [0.29, 0.717) is 11.1 Å². The number of aromatic hydroxyl groups is 1. The van der Waals surface area contributed by atoms with Crippen LogP contribution in [0.1, 0.15) is 24.0 Å². The predicted octanol–water partition coefficient (Wildman–Crippen LogP) is 1.79. The maximum absolute atomic E-state index is 13.5. The summed E-state index contributed by atoms with van der Waals surface area (Å²) in [6, 6.07) is 2.83. The molecule has 70 valence electrons. The molecule has 0 saturated heterocycles. The number of rotatable bonds is 1. The molecule has 3 N–H and O–H groups in total. The number of hydrogen-bond donors (Lipinski definition) is 2. The maximum Gasteiger partial charge on any atom is 0.131 e. The van der Waals surface area contributed by atoms with Crippen LogP contribution in [0.4, 0.5) is 4.39 Å². The fourth-order valence-corrected chi connectivity index (χ4v) is 1.52. The highest BCUT2D eigenvalue weighted by molar-refractivity contribution is 5.40. The summed E-state index contributed by atoms with van der Waals surface area (Å²) in [5.41, 5.74) is 6.23. The molecular weight excluding hydrogens is 169 g/mol. The highest BCUT2D eigenvalue weighted by Gasteiger charge is 2.42. The quantitative estimate of drug-likeness (QED) is 0.693. The van der Waals surface area contributed by atoms with Crippen LogP contribution in [0.5, 0.6) is 5.75 Å². The molecule has 1 aliphatic carbocycles. The molecule has 0 aliphatic heterocycles. The molecule has 1 fully saturated rings. The van der Waals surface area contributed by atoms with Gasteiger partial charge in [0.1, 0.15) is 11.6 Å². The number of nitrogens with two attached hydrogens (primary N) is 1. The van der Waals surface area contributed by atoms with Gasteiger partial charge < -0.3 is 10.8 Å². The van der Waals surface area contributed by atoms with Gasteiger partial charge in [-0.2, -0.15) is 0 Å². The number of aryl methyl sites for hydroxylation is 1. The molecule has 0 heterocycles. The topological polar surface area (TPSA) is 46.2 Å². The van der Waals surface area contributed by atoms with Crippen molar-refractivity contribution in [2.75, 3.05) is 0 Å². The Morgan fingerprint density at radius 3 is 2.62 bits per heavy atom. The van der Waals surface area contributed by atoms with Crippen LogP contribution in [0.3, 0.4) is 0 Å². The van der Waals surface area contributed by atoms with E-state index < -0.39 is 5.54 Å². The fourth-order valence-electron chi connectivity index (χ4n) is 1.52. The van der Waals surface area contributed by atoms with E-state index in [9.17, 15) is 9.50 Å². The van der Waals surface area contributed by atoms with Crippen molar-refractivity contribution < 1.29 is 9.50 Å². The summed E-state index contributed by atoms with van der Waals surface area (Å²) in [5, 5.41) is 9.29. The van der Waals surface area contributed by atoms with E-state index in [1.54, 1.807) is 6.92 Å². The van der Waals surface area contributed by atoms with Gasteiger partial charge in [-0.05, 0) is 37.5 Å². The molecule has 1 aliphatic rings. The standard InChI is InChI=1S/C10H12FNO/c1-6-4-7(13)5-8(9(6)11)10(12)2-3-10/h4-5,13H,2-3,12H2,1H3. The van der Waals surface area contributed by atoms with Gasteiger partial charge in [0.15, 0.2) is 0 Å². The van der Waals surface area contributed by atoms with Crippen LogP contribution in [0.2, 0.25) is 0 Å². The van der Waals surface area contributed by atoms with E-state index in [4.69, 9.17) is 5.73 Å². The molecule has 1 aromatic carbocycles. The summed E-state index contributed by atoms with van der Waals surface area (Å²) in [6.45, 7) is 1.63. The molecule has 2 rings (SSSR count). The first kappa shape index (κ1) is 8.51. The lowest BCUT2D eigenvalue weighted by molar-refractivity contribution is 0.467. The summed E-state index contributed by atoms with van der Waals surface area (Å²) in [7, 11) is 0. The SMILES string of the molecule is Cc1cc(O)cc(C2(N)CC2)c1F. The average molecular weight is 181 g/mol. The number of halogens is 1. The summed E-state index contributed by atoms with van der Waals surface area (Å²) < 4.78 is 13.5. The molecular formula is C10H12FNO. The Morgan fingerprint density at radius 2 is 2.08 bits per heavy atom. The lowest BCUT2D eigenvalue weighted by atomic mass is 10.0. The Balaban J connectivity index is 2.56. The van der Waals surface area contributed by atoms with Gasteiger partial charge in [0.05, 0.1) is 0 Å². The van der Waals surface area contributed by atoms with Crippen molar-refractivity contribution in [1.29, 1.82) is 0 Å². The van der Waals surface area contributed by atoms with Gasteiger partial charge in [0.25, 0.3) is 0 Å². The summed E-state index contributed by atoms with van der Waals surface area (Å²) in [4.78, 5) is 0. The Bertz CT molecular complexity index is 358. The smallest absolute Gasteiger partial charge is 0.131 e. The predicted molar refractivity (Wildman–Crippen MR) is 47.9 cm³/mol. The molecule has 3 heteroatoms. The molecule has 1 saturated carbocycles. The number of phenolic OH excluding ortho intramolecular Hbond substituents is 1. The molecule has 1 aromatic rings. The van der Waals surface area contributed by atoms with Gasteiger partial charge in [-0.3, -0.25) is 0 Å². The highest BCUT2D eigenvalue weighted by atomic mass is 19.1. The Kier molecular flexibility index (Phi) is 1.60. The molecule has 0 aromatic heterocycles. The molecule has 0 bridgehead atoms. The molecule has 0 atom stereocenters. The van der Waals surface area contributed by atoms with Crippen molar-refractivity contribution in [2.45, 2.75) is 25.3 Å². The van der Waals surface area contributed by atoms with Gasteiger partial charge in [0.2, 0.25) is 0 Å². The van der Waals surface area contributed by atoms with Gasteiger partial charge in [-0.15, -0.1) is 0 Å². The van der Waals surface area contributed by atoms with Gasteiger partial charge in [-0.25, -0.2) is 4.39 Å². The molecule has 0 amide bonds. The first-order valence-electron chi connectivity index (χ1n) is 4.31. The maximum atomic E-state index is 13.5. The van der Waals surface area contributed by atoms with E-state index in [0.717, 1.165) is 12.8 Å². The van der Waals surface area contributed by atoms with Crippen molar-refractivity contribution in [1.82, 2.24) is 0 Å². The van der Waals surface area contributed by atoms with Crippen LogP contribution >= 0.6 is 0 Å². The summed E-state index contributed by atoms with van der Waals surface area (Å²) in [6.07, 6.45) is 1.60. The third-order valence-electron chi connectivity index (χ3n) is 2.56. The Labute approximate surface area is 76.2 Å². The lowest BCUT2D eigenvalue weighted by Crippen LogP contribution is -2.20. The zero-order valence-corrected chi connectivity index (χ0v) is 7.47. The van der Waals surface area contributed by atoms with Crippen LogP contribution in [-0.4, -0.2) is 5.11 Å². The normalized spacial score (nSPS) is 18.7. The zero-order chi connectivity index (χ0) is 9.64. The van der Waals surface area contributed by atoms with Crippen LogP contribution in [0.15, 0.2) is 12.1 Å². The first-order valence-corrected chi connectivity index (χ1v) is 4.31. The van der Waals surface area contributed by atoms with E-state index in [1.165, 1.54) is 12.1 Å². The van der Waals surface area contributed by atoms with Crippen LogP contribution in [0, 0.1) is 12.7 Å². The highest BCUT2D eigenvalue weighted by Crippen LogP contribution is 2.45. The van der Waals surface area contributed by atoms with Crippen LogP contribution in [0.25, 0.3) is 0 Å². The van der Waals surface area contributed by atoms with Crippen LogP contribution in [-0.2, 0) is 5.54 Å². The monoisotopic (exact) mass is 181 g/mol. The molecule has 0 spiro atoms.